The van der Waals surface area contributed by atoms with E-state index in [0.717, 1.165) is 25.2 Å². The highest BCUT2D eigenvalue weighted by atomic mass is 35.5. The normalized spacial score (nSPS) is 14.2. The highest BCUT2D eigenvalue weighted by molar-refractivity contribution is 5.85. The first-order valence-electron chi connectivity index (χ1n) is 7.62. The summed E-state index contributed by atoms with van der Waals surface area (Å²) in [5, 5.41) is 0. The van der Waals surface area contributed by atoms with E-state index in [-0.39, 0.29) is 37.3 Å². The van der Waals surface area contributed by atoms with E-state index in [1.54, 1.807) is 21.3 Å². The fraction of sp³-hybridized carbons (Fsp3) is 0.562. The quantitative estimate of drug-likeness (QED) is 0.778. The number of rotatable bonds is 6. The number of ether oxygens (including phenoxy) is 3. The number of piperazine rings is 1. The van der Waals surface area contributed by atoms with Gasteiger partial charge in [0.1, 0.15) is 0 Å². The largest absolute Gasteiger partial charge is 0.493 e. The molecule has 25 heavy (non-hydrogen) atoms. The lowest BCUT2D eigenvalue weighted by atomic mass is 10.1. The van der Waals surface area contributed by atoms with E-state index in [9.17, 15) is 4.79 Å². The van der Waals surface area contributed by atoms with Gasteiger partial charge in [-0.05, 0) is 17.7 Å². The highest BCUT2D eigenvalue weighted by Crippen LogP contribution is 2.38. The van der Waals surface area contributed by atoms with Gasteiger partial charge in [-0.1, -0.05) is 0 Å². The molecule has 1 amide bonds. The Morgan fingerprint density at radius 3 is 1.92 bits per heavy atom. The average molecular weight is 396 g/mol. The number of amides is 1. The SMILES string of the molecule is COc1cc(CN2CCN(C(=O)CN)CC2)cc(OC)c1OC.Cl.Cl. The van der Waals surface area contributed by atoms with Crippen molar-refractivity contribution in [2.75, 3.05) is 54.1 Å². The van der Waals surface area contributed by atoms with Crippen LogP contribution in [0.4, 0.5) is 0 Å². The molecule has 0 aromatic heterocycles. The minimum atomic E-state index is 0. The van der Waals surface area contributed by atoms with Crippen molar-refractivity contribution in [3.8, 4) is 17.2 Å². The zero-order valence-electron chi connectivity index (χ0n) is 14.8. The fourth-order valence-corrected chi connectivity index (χ4v) is 2.77. The van der Waals surface area contributed by atoms with Crippen LogP contribution in [0.5, 0.6) is 17.2 Å². The average Bonchev–Trinajstić information content (AvgIpc) is 2.60. The lowest BCUT2D eigenvalue weighted by Crippen LogP contribution is -2.49. The van der Waals surface area contributed by atoms with Gasteiger partial charge in [0.25, 0.3) is 0 Å². The van der Waals surface area contributed by atoms with Gasteiger partial charge < -0.3 is 24.8 Å². The summed E-state index contributed by atoms with van der Waals surface area (Å²) in [4.78, 5) is 15.7. The van der Waals surface area contributed by atoms with Crippen LogP contribution in [-0.4, -0.2) is 69.8 Å². The molecular formula is C16H27Cl2N3O4. The molecule has 1 heterocycles. The molecule has 1 aromatic rings. The molecule has 1 saturated heterocycles. The summed E-state index contributed by atoms with van der Waals surface area (Å²) in [6.45, 7) is 3.90. The van der Waals surface area contributed by atoms with Gasteiger partial charge in [-0.3, -0.25) is 9.69 Å². The second kappa shape index (κ2) is 11.3. The molecule has 0 spiro atoms. The fourth-order valence-electron chi connectivity index (χ4n) is 2.77. The molecule has 0 radical (unpaired) electrons. The molecule has 144 valence electrons. The minimum absolute atomic E-state index is 0. The zero-order chi connectivity index (χ0) is 16.8. The van der Waals surface area contributed by atoms with Crippen LogP contribution in [0.15, 0.2) is 12.1 Å². The van der Waals surface area contributed by atoms with Crippen molar-refractivity contribution in [2.45, 2.75) is 6.54 Å². The summed E-state index contributed by atoms with van der Waals surface area (Å²) in [5.74, 6) is 1.91. The van der Waals surface area contributed by atoms with Crippen molar-refractivity contribution in [1.82, 2.24) is 9.80 Å². The van der Waals surface area contributed by atoms with Crippen LogP contribution in [-0.2, 0) is 11.3 Å². The monoisotopic (exact) mass is 395 g/mol. The van der Waals surface area contributed by atoms with E-state index in [0.29, 0.717) is 30.3 Å². The Morgan fingerprint density at radius 2 is 1.52 bits per heavy atom. The summed E-state index contributed by atoms with van der Waals surface area (Å²) >= 11 is 0. The van der Waals surface area contributed by atoms with Gasteiger partial charge >= 0.3 is 0 Å². The molecule has 1 aliphatic heterocycles. The summed E-state index contributed by atoms with van der Waals surface area (Å²) in [6.07, 6.45) is 0. The zero-order valence-corrected chi connectivity index (χ0v) is 16.5. The second-order valence-corrected chi connectivity index (χ2v) is 5.39. The highest BCUT2D eigenvalue weighted by Gasteiger charge is 2.21. The third kappa shape index (κ3) is 5.81. The van der Waals surface area contributed by atoms with E-state index < -0.39 is 0 Å². The maximum absolute atomic E-state index is 11.6. The Hall–Kier alpha value is -1.41. The Balaban J connectivity index is 0.00000288. The van der Waals surface area contributed by atoms with Crippen LogP contribution >= 0.6 is 24.8 Å². The number of hydrogen-bond donors (Lipinski definition) is 1. The number of carbonyl (C=O) groups excluding carboxylic acids is 1. The summed E-state index contributed by atoms with van der Waals surface area (Å²) in [7, 11) is 4.81. The molecule has 2 N–H and O–H groups in total. The van der Waals surface area contributed by atoms with Gasteiger partial charge in [0.2, 0.25) is 11.7 Å². The first-order valence-corrected chi connectivity index (χ1v) is 7.62. The van der Waals surface area contributed by atoms with Crippen LogP contribution in [0.25, 0.3) is 0 Å². The maximum Gasteiger partial charge on any atom is 0.236 e. The molecule has 0 unspecified atom stereocenters. The molecule has 1 fully saturated rings. The topological polar surface area (TPSA) is 77.3 Å². The van der Waals surface area contributed by atoms with Gasteiger partial charge in [0, 0.05) is 32.7 Å². The number of nitrogens with zero attached hydrogens (tertiary/aromatic N) is 2. The summed E-state index contributed by atoms with van der Waals surface area (Å²) in [6, 6.07) is 3.91. The van der Waals surface area contributed by atoms with Gasteiger partial charge in [-0.15, -0.1) is 24.8 Å². The Kier molecular flexibility index (Phi) is 10.6. The molecule has 0 saturated carbocycles. The van der Waals surface area contributed by atoms with E-state index >= 15 is 0 Å². The number of methoxy groups -OCH3 is 3. The number of hydrogen-bond acceptors (Lipinski definition) is 6. The first-order chi connectivity index (χ1) is 11.1. The predicted octanol–water partition coefficient (Wildman–Crippen LogP) is 1.16. The molecule has 0 aliphatic carbocycles. The molecule has 9 heteroatoms. The van der Waals surface area contributed by atoms with Crippen LogP contribution in [0, 0.1) is 0 Å². The molecular weight excluding hydrogens is 369 g/mol. The van der Waals surface area contributed by atoms with Crippen LogP contribution in [0.2, 0.25) is 0 Å². The van der Waals surface area contributed by atoms with E-state index in [4.69, 9.17) is 19.9 Å². The maximum atomic E-state index is 11.6. The van der Waals surface area contributed by atoms with Crippen LogP contribution < -0.4 is 19.9 Å². The van der Waals surface area contributed by atoms with Crippen molar-refractivity contribution in [2.24, 2.45) is 5.73 Å². The van der Waals surface area contributed by atoms with Gasteiger partial charge in [-0.25, -0.2) is 0 Å². The smallest absolute Gasteiger partial charge is 0.236 e. The number of carbonyl (C=O) groups is 1. The summed E-state index contributed by atoms with van der Waals surface area (Å²) < 4.78 is 16.1. The van der Waals surface area contributed by atoms with Crippen molar-refractivity contribution in [1.29, 1.82) is 0 Å². The van der Waals surface area contributed by atoms with Gasteiger partial charge in [-0.2, -0.15) is 0 Å². The molecule has 1 aliphatic rings. The van der Waals surface area contributed by atoms with Gasteiger partial charge in [0.15, 0.2) is 11.5 Å². The lowest BCUT2D eigenvalue weighted by Gasteiger charge is -2.34. The van der Waals surface area contributed by atoms with Gasteiger partial charge in [0.05, 0.1) is 27.9 Å². The number of halogens is 2. The Morgan fingerprint density at radius 1 is 1.00 bits per heavy atom. The molecule has 0 atom stereocenters. The molecule has 0 bridgehead atoms. The van der Waals surface area contributed by atoms with E-state index in [1.807, 2.05) is 17.0 Å². The third-order valence-corrected chi connectivity index (χ3v) is 4.03. The second-order valence-electron chi connectivity index (χ2n) is 5.39. The van der Waals surface area contributed by atoms with Crippen molar-refractivity contribution >= 4 is 30.7 Å². The van der Waals surface area contributed by atoms with Crippen molar-refractivity contribution in [3.63, 3.8) is 0 Å². The Labute approximate surface area is 161 Å². The number of benzene rings is 1. The van der Waals surface area contributed by atoms with E-state index in [1.165, 1.54) is 0 Å². The third-order valence-electron chi connectivity index (χ3n) is 4.03. The van der Waals surface area contributed by atoms with Crippen LogP contribution in [0.3, 0.4) is 0 Å². The Bertz CT molecular complexity index is 527. The molecule has 1 aromatic carbocycles. The predicted molar refractivity (Wildman–Crippen MR) is 102 cm³/mol. The summed E-state index contributed by atoms with van der Waals surface area (Å²) in [5.41, 5.74) is 6.49. The number of nitrogens with two attached hydrogens (primary N) is 1. The van der Waals surface area contributed by atoms with E-state index in [2.05, 4.69) is 4.90 Å². The van der Waals surface area contributed by atoms with Crippen molar-refractivity contribution in [3.05, 3.63) is 17.7 Å². The lowest BCUT2D eigenvalue weighted by molar-refractivity contribution is -0.131. The van der Waals surface area contributed by atoms with Crippen molar-refractivity contribution < 1.29 is 19.0 Å². The minimum Gasteiger partial charge on any atom is -0.493 e. The van der Waals surface area contributed by atoms with Crippen LogP contribution in [0.1, 0.15) is 5.56 Å². The molecule has 7 nitrogen and oxygen atoms in total. The standard InChI is InChI=1S/C16H25N3O4.2ClH/c1-21-13-8-12(9-14(22-2)16(13)23-3)11-18-4-6-19(7-5-18)15(20)10-17;;/h8-9H,4-7,10-11,17H2,1-3H3;2*1H. The molecule has 2 rings (SSSR count). The first kappa shape index (κ1) is 23.6.